The highest BCUT2D eigenvalue weighted by atomic mass is 32.2. The molecule has 0 spiro atoms. The molecule has 2 fully saturated rings. The Morgan fingerprint density at radius 2 is 2.00 bits per heavy atom. The van der Waals surface area contributed by atoms with E-state index in [-0.39, 0.29) is 17.1 Å². The summed E-state index contributed by atoms with van der Waals surface area (Å²) in [7, 11) is 0. The summed E-state index contributed by atoms with van der Waals surface area (Å²) in [6, 6.07) is 8.07. The van der Waals surface area contributed by atoms with Crippen LogP contribution in [0.4, 0.5) is 5.69 Å². The lowest BCUT2D eigenvalue weighted by Gasteiger charge is -2.27. The molecule has 2 aliphatic rings. The monoisotopic (exact) mass is 362 g/mol. The van der Waals surface area contributed by atoms with Crippen molar-refractivity contribution in [2.75, 3.05) is 25.1 Å². The highest BCUT2D eigenvalue weighted by Gasteiger charge is 2.36. The number of nitrogens with zero attached hydrogens (tertiary/aromatic N) is 1. The van der Waals surface area contributed by atoms with Crippen LogP contribution in [0.25, 0.3) is 0 Å². The predicted octanol–water partition coefficient (Wildman–Crippen LogP) is 3.15. The van der Waals surface area contributed by atoms with Crippen molar-refractivity contribution in [3.05, 3.63) is 24.3 Å². The largest absolute Gasteiger partial charge is 0.381 e. The minimum atomic E-state index is -0.116. The minimum Gasteiger partial charge on any atom is -0.381 e. The maximum atomic E-state index is 12.9. The first-order valence-corrected chi connectivity index (χ1v) is 9.83. The van der Waals surface area contributed by atoms with Crippen LogP contribution in [-0.4, -0.2) is 47.8 Å². The Kier molecular flexibility index (Phi) is 6.02. The second kappa shape index (κ2) is 8.23. The number of carbonyl (C=O) groups excluding carboxylic acids is 2. The summed E-state index contributed by atoms with van der Waals surface area (Å²) in [5.74, 6) is 0.629. The molecule has 2 unspecified atom stereocenters. The van der Waals surface area contributed by atoms with Crippen LogP contribution in [-0.2, 0) is 14.3 Å². The van der Waals surface area contributed by atoms with Crippen LogP contribution < -0.4 is 5.32 Å². The molecule has 2 atom stereocenters. The van der Waals surface area contributed by atoms with Gasteiger partial charge in [-0.05, 0) is 50.5 Å². The summed E-state index contributed by atoms with van der Waals surface area (Å²) in [5, 5.41) is 2.64. The number of rotatable bonds is 7. The number of thioether (sulfide) groups is 1. The maximum absolute atomic E-state index is 12.9. The fourth-order valence-electron chi connectivity index (χ4n) is 3.12. The topological polar surface area (TPSA) is 58.6 Å². The van der Waals surface area contributed by atoms with Gasteiger partial charge >= 0.3 is 0 Å². The minimum absolute atomic E-state index is 0.0834. The number of ether oxygens (including phenoxy) is 1. The number of benzene rings is 1. The van der Waals surface area contributed by atoms with Gasteiger partial charge in [0, 0.05) is 42.6 Å². The number of anilines is 1. The molecular formula is C19H26N2O3S. The first-order chi connectivity index (χ1) is 12.0. The fourth-order valence-corrected chi connectivity index (χ4v) is 4.06. The summed E-state index contributed by atoms with van der Waals surface area (Å²) >= 11 is 1.58. The molecule has 0 bridgehead atoms. The number of nitrogens with one attached hydrogen (secondary N) is 1. The van der Waals surface area contributed by atoms with Crippen molar-refractivity contribution in [2.45, 2.75) is 49.3 Å². The zero-order valence-electron chi connectivity index (χ0n) is 14.9. The van der Waals surface area contributed by atoms with Crippen molar-refractivity contribution in [1.29, 1.82) is 0 Å². The van der Waals surface area contributed by atoms with Gasteiger partial charge in [-0.25, -0.2) is 0 Å². The summed E-state index contributed by atoms with van der Waals surface area (Å²) < 4.78 is 5.46. The van der Waals surface area contributed by atoms with E-state index in [4.69, 9.17) is 4.74 Å². The molecule has 1 saturated carbocycles. The van der Waals surface area contributed by atoms with Gasteiger partial charge in [0.2, 0.25) is 11.8 Å². The first-order valence-electron chi connectivity index (χ1n) is 8.95. The van der Waals surface area contributed by atoms with Gasteiger partial charge in [-0.1, -0.05) is 0 Å². The van der Waals surface area contributed by atoms with E-state index < -0.39 is 0 Å². The number of carbonyl (C=O) groups is 2. The van der Waals surface area contributed by atoms with Crippen molar-refractivity contribution in [1.82, 2.24) is 4.90 Å². The Balaban J connectivity index is 1.57. The first kappa shape index (κ1) is 18.3. The molecule has 136 valence electrons. The predicted molar refractivity (Wildman–Crippen MR) is 99.7 cm³/mol. The van der Waals surface area contributed by atoms with Crippen LogP contribution in [0.1, 0.15) is 33.1 Å². The van der Waals surface area contributed by atoms with Crippen molar-refractivity contribution >= 4 is 29.3 Å². The molecule has 1 heterocycles. The van der Waals surface area contributed by atoms with E-state index in [2.05, 4.69) is 10.2 Å². The van der Waals surface area contributed by atoms with Gasteiger partial charge in [-0.3, -0.25) is 9.59 Å². The van der Waals surface area contributed by atoms with Crippen molar-refractivity contribution in [3.63, 3.8) is 0 Å². The van der Waals surface area contributed by atoms with Crippen LogP contribution in [0.5, 0.6) is 0 Å². The molecule has 6 heteroatoms. The van der Waals surface area contributed by atoms with E-state index >= 15 is 0 Å². The number of amides is 2. The average molecular weight is 362 g/mol. The maximum Gasteiger partial charge on any atom is 0.236 e. The van der Waals surface area contributed by atoms with Crippen LogP contribution in [0.3, 0.4) is 0 Å². The normalized spacial score (nSPS) is 21.0. The van der Waals surface area contributed by atoms with Gasteiger partial charge in [0.1, 0.15) is 0 Å². The average Bonchev–Trinajstić information content (AvgIpc) is 3.29. The molecule has 0 aromatic heterocycles. The standard InChI is InChI=1S/C19H26N2O3S/c1-13(25-18-7-3-16(4-8-18)20-14(2)22)19(23)21(17-5-6-17)11-15-9-10-24-12-15/h3-4,7-8,13,15,17H,5-6,9-12H2,1-2H3,(H,20,22). The third-order valence-corrected chi connectivity index (χ3v) is 5.68. The summed E-state index contributed by atoms with van der Waals surface area (Å²) in [5.41, 5.74) is 0.775. The van der Waals surface area contributed by atoms with Crippen LogP contribution in [0, 0.1) is 5.92 Å². The van der Waals surface area contributed by atoms with Gasteiger partial charge in [0.25, 0.3) is 0 Å². The van der Waals surface area contributed by atoms with E-state index in [9.17, 15) is 9.59 Å². The van der Waals surface area contributed by atoms with Gasteiger partial charge in [0.15, 0.2) is 0 Å². The zero-order chi connectivity index (χ0) is 17.8. The van der Waals surface area contributed by atoms with Crippen molar-refractivity contribution in [2.24, 2.45) is 5.92 Å². The molecule has 3 rings (SSSR count). The molecule has 2 amide bonds. The Morgan fingerprint density at radius 3 is 2.56 bits per heavy atom. The van der Waals surface area contributed by atoms with Gasteiger partial charge in [-0.15, -0.1) is 11.8 Å². The Labute approximate surface area is 153 Å². The summed E-state index contributed by atoms with van der Waals surface area (Å²) in [4.78, 5) is 27.1. The van der Waals surface area contributed by atoms with Gasteiger partial charge < -0.3 is 15.0 Å². The zero-order valence-corrected chi connectivity index (χ0v) is 15.7. The SMILES string of the molecule is CC(=O)Nc1ccc(SC(C)C(=O)N(CC2CCOC2)C2CC2)cc1. The smallest absolute Gasteiger partial charge is 0.236 e. The molecule has 0 radical (unpaired) electrons. The van der Waals surface area contributed by atoms with Gasteiger partial charge in [-0.2, -0.15) is 0 Å². The van der Waals surface area contributed by atoms with Crippen LogP contribution in [0.15, 0.2) is 29.2 Å². The fraction of sp³-hybridized carbons (Fsp3) is 0.579. The Bertz CT molecular complexity index is 610. The van der Waals surface area contributed by atoms with Crippen LogP contribution in [0.2, 0.25) is 0 Å². The molecule has 25 heavy (non-hydrogen) atoms. The molecule has 1 aliphatic heterocycles. The molecular weight excluding hydrogens is 336 g/mol. The molecule has 1 N–H and O–H groups in total. The van der Waals surface area contributed by atoms with Crippen molar-refractivity contribution < 1.29 is 14.3 Å². The second-order valence-electron chi connectivity index (χ2n) is 6.92. The van der Waals surface area contributed by atoms with E-state index in [0.29, 0.717) is 12.0 Å². The van der Waals surface area contributed by atoms with Gasteiger partial charge in [0.05, 0.1) is 11.9 Å². The molecule has 5 nitrogen and oxygen atoms in total. The molecule has 1 aliphatic carbocycles. The highest BCUT2D eigenvalue weighted by molar-refractivity contribution is 8.00. The molecule has 1 aromatic rings. The third kappa shape index (κ3) is 5.22. The third-order valence-electron chi connectivity index (χ3n) is 4.58. The lowest BCUT2D eigenvalue weighted by atomic mass is 10.1. The quantitative estimate of drug-likeness (QED) is 0.757. The van der Waals surface area contributed by atoms with Crippen LogP contribution >= 0.6 is 11.8 Å². The van der Waals surface area contributed by atoms with Crippen molar-refractivity contribution in [3.8, 4) is 0 Å². The van der Waals surface area contributed by atoms with E-state index in [1.165, 1.54) is 6.92 Å². The lowest BCUT2D eigenvalue weighted by Crippen LogP contribution is -2.41. The Hall–Kier alpha value is -1.53. The number of hydrogen-bond donors (Lipinski definition) is 1. The second-order valence-corrected chi connectivity index (χ2v) is 8.33. The highest BCUT2D eigenvalue weighted by Crippen LogP contribution is 2.33. The molecule has 1 saturated heterocycles. The summed E-state index contributed by atoms with van der Waals surface area (Å²) in [6.45, 7) is 5.90. The summed E-state index contributed by atoms with van der Waals surface area (Å²) in [6.07, 6.45) is 3.31. The van der Waals surface area contributed by atoms with E-state index in [0.717, 1.165) is 49.6 Å². The molecule has 1 aromatic carbocycles. The Morgan fingerprint density at radius 1 is 1.28 bits per heavy atom. The number of hydrogen-bond acceptors (Lipinski definition) is 4. The van der Waals surface area contributed by atoms with E-state index in [1.807, 2.05) is 31.2 Å². The lowest BCUT2D eigenvalue weighted by molar-refractivity contribution is -0.131. The van der Waals surface area contributed by atoms with E-state index in [1.54, 1.807) is 11.8 Å².